The van der Waals surface area contributed by atoms with Crippen LogP contribution in [0.25, 0.3) is 0 Å². The van der Waals surface area contributed by atoms with Crippen molar-refractivity contribution in [1.29, 1.82) is 0 Å². The van der Waals surface area contributed by atoms with Gasteiger partial charge in [0.15, 0.2) is 5.96 Å². The third kappa shape index (κ3) is 5.59. The van der Waals surface area contributed by atoms with Crippen molar-refractivity contribution in [2.45, 2.75) is 44.6 Å². The number of nitrogens with one attached hydrogen (secondary N) is 2. The van der Waals surface area contributed by atoms with Gasteiger partial charge in [-0.15, -0.1) is 0 Å². The number of benzene rings is 2. The zero-order valence-electron chi connectivity index (χ0n) is 18.7. The van der Waals surface area contributed by atoms with Gasteiger partial charge >= 0.3 is 0 Å². The van der Waals surface area contributed by atoms with Crippen LogP contribution in [0.4, 0.5) is 5.69 Å². The number of hydrogen-bond donors (Lipinski definition) is 3. The highest BCUT2D eigenvalue weighted by Gasteiger charge is 2.44. The number of aliphatic imine (C=N–C) groups is 1. The zero-order valence-corrected chi connectivity index (χ0v) is 18.7. The third-order valence-corrected chi connectivity index (χ3v) is 6.77. The number of anilines is 1. The van der Waals surface area contributed by atoms with Crippen LogP contribution in [0.5, 0.6) is 0 Å². The van der Waals surface area contributed by atoms with Crippen LogP contribution in [0, 0.1) is 5.92 Å². The van der Waals surface area contributed by atoms with Crippen LogP contribution in [0.15, 0.2) is 59.6 Å². The lowest BCUT2D eigenvalue weighted by atomic mass is 9.96. The summed E-state index contributed by atoms with van der Waals surface area (Å²) < 4.78 is 0. The average molecular weight is 421 g/mol. The molecule has 1 aliphatic heterocycles. The smallest absolute Gasteiger partial charge is 0.191 e. The molecule has 1 saturated heterocycles. The molecule has 31 heavy (non-hydrogen) atoms. The number of aliphatic hydroxyl groups excluding tert-OH is 1. The van der Waals surface area contributed by atoms with Crippen molar-refractivity contribution in [3.63, 3.8) is 0 Å². The molecule has 0 unspecified atom stereocenters. The van der Waals surface area contributed by atoms with Crippen LogP contribution >= 0.6 is 0 Å². The third-order valence-electron chi connectivity index (χ3n) is 6.77. The molecule has 0 atom stereocenters. The van der Waals surface area contributed by atoms with Crippen LogP contribution < -0.4 is 15.5 Å². The summed E-state index contributed by atoms with van der Waals surface area (Å²) in [6, 6.07) is 19.6. The monoisotopic (exact) mass is 420 g/mol. The van der Waals surface area contributed by atoms with E-state index in [0.717, 1.165) is 45.0 Å². The lowest BCUT2D eigenvalue weighted by Gasteiger charge is -2.32. The highest BCUT2D eigenvalue weighted by molar-refractivity contribution is 5.80. The van der Waals surface area contributed by atoms with E-state index in [0.29, 0.717) is 19.1 Å². The van der Waals surface area contributed by atoms with E-state index in [1.165, 1.54) is 29.7 Å². The van der Waals surface area contributed by atoms with E-state index < -0.39 is 0 Å². The maximum Gasteiger partial charge on any atom is 0.191 e. The minimum absolute atomic E-state index is 0.266. The molecule has 166 valence electrons. The van der Waals surface area contributed by atoms with Gasteiger partial charge in [-0.1, -0.05) is 42.5 Å². The summed E-state index contributed by atoms with van der Waals surface area (Å²) in [5.41, 5.74) is 4.18. The highest BCUT2D eigenvalue weighted by atomic mass is 16.3. The number of rotatable bonds is 8. The second-order valence-electron chi connectivity index (χ2n) is 8.97. The van der Waals surface area contributed by atoms with Crippen LogP contribution in [0.2, 0.25) is 0 Å². The van der Waals surface area contributed by atoms with Crippen LogP contribution in [0.1, 0.15) is 43.7 Å². The molecule has 1 heterocycles. The van der Waals surface area contributed by atoms with Crippen LogP contribution in [-0.2, 0) is 12.0 Å². The number of nitrogens with zero attached hydrogens (tertiary/aromatic N) is 2. The molecule has 2 aliphatic rings. The zero-order chi connectivity index (χ0) is 21.5. The van der Waals surface area contributed by atoms with Gasteiger partial charge in [-0.2, -0.15) is 0 Å². The number of hydrogen-bond acceptors (Lipinski definition) is 3. The second-order valence-corrected chi connectivity index (χ2v) is 8.97. The SMILES string of the molecule is CCNC(=NCc1ccc(N2CCC(CO)CC2)cc1)NCC1(c2ccccc2)CC1. The van der Waals surface area contributed by atoms with Crippen molar-refractivity contribution in [3.8, 4) is 0 Å². The van der Waals surface area contributed by atoms with Crippen LogP contribution in [-0.4, -0.2) is 43.9 Å². The lowest BCUT2D eigenvalue weighted by molar-refractivity contribution is 0.203. The summed E-state index contributed by atoms with van der Waals surface area (Å²) in [5, 5.41) is 16.3. The molecule has 3 N–H and O–H groups in total. The molecule has 0 spiro atoms. The van der Waals surface area contributed by atoms with E-state index in [-0.39, 0.29) is 5.41 Å². The van der Waals surface area contributed by atoms with E-state index >= 15 is 0 Å². The first-order valence-corrected chi connectivity index (χ1v) is 11.7. The van der Waals surface area contributed by atoms with Gasteiger partial charge in [0.2, 0.25) is 0 Å². The van der Waals surface area contributed by atoms with Crippen LogP contribution in [0.3, 0.4) is 0 Å². The molecule has 2 fully saturated rings. The Hall–Kier alpha value is -2.53. The molecule has 2 aromatic rings. The average Bonchev–Trinajstić information content (AvgIpc) is 3.63. The summed E-state index contributed by atoms with van der Waals surface area (Å²) in [6.45, 7) is 6.93. The van der Waals surface area contributed by atoms with Crippen molar-refractivity contribution in [2.75, 3.05) is 37.7 Å². The Kier molecular flexibility index (Phi) is 7.13. The summed E-state index contributed by atoms with van der Waals surface area (Å²) in [4.78, 5) is 7.24. The first-order valence-electron chi connectivity index (χ1n) is 11.7. The fourth-order valence-electron chi connectivity index (χ4n) is 4.46. The molecule has 1 aliphatic carbocycles. The molecule has 5 nitrogen and oxygen atoms in total. The van der Waals surface area contributed by atoms with Crippen molar-refractivity contribution in [2.24, 2.45) is 10.9 Å². The fourth-order valence-corrected chi connectivity index (χ4v) is 4.46. The normalized spacial score (nSPS) is 18.6. The van der Waals surface area contributed by atoms with E-state index in [1.807, 2.05) is 0 Å². The van der Waals surface area contributed by atoms with Gasteiger partial charge < -0.3 is 20.6 Å². The Labute approximate surface area is 186 Å². The van der Waals surface area contributed by atoms with Gasteiger partial charge in [0, 0.05) is 43.9 Å². The summed E-state index contributed by atoms with van der Waals surface area (Å²) in [5.74, 6) is 1.36. The van der Waals surface area contributed by atoms with Gasteiger partial charge in [0.1, 0.15) is 0 Å². The quantitative estimate of drug-likeness (QED) is 0.450. The Morgan fingerprint density at radius 3 is 2.35 bits per heavy atom. The fraction of sp³-hybridized carbons (Fsp3) is 0.500. The molecule has 0 aromatic heterocycles. The molecule has 0 amide bonds. The number of piperidine rings is 1. The molecule has 1 saturated carbocycles. The molecular formula is C26H36N4O. The van der Waals surface area contributed by atoms with Crippen molar-refractivity contribution < 1.29 is 5.11 Å². The van der Waals surface area contributed by atoms with E-state index in [9.17, 15) is 5.11 Å². The van der Waals surface area contributed by atoms with Gasteiger partial charge in [0.05, 0.1) is 6.54 Å². The van der Waals surface area contributed by atoms with Gasteiger partial charge in [-0.25, -0.2) is 4.99 Å². The maximum absolute atomic E-state index is 9.33. The van der Waals surface area contributed by atoms with Gasteiger partial charge in [0.25, 0.3) is 0 Å². The van der Waals surface area contributed by atoms with Crippen molar-refractivity contribution in [1.82, 2.24) is 10.6 Å². The molecule has 4 rings (SSSR count). The lowest BCUT2D eigenvalue weighted by Crippen LogP contribution is -2.41. The van der Waals surface area contributed by atoms with E-state index in [1.54, 1.807) is 0 Å². The first-order chi connectivity index (χ1) is 15.2. The molecule has 5 heteroatoms. The molecular weight excluding hydrogens is 384 g/mol. The Morgan fingerprint density at radius 2 is 1.74 bits per heavy atom. The van der Waals surface area contributed by atoms with Gasteiger partial charge in [-0.3, -0.25) is 0 Å². The maximum atomic E-state index is 9.33. The van der Waals surface area contributed by atoms with E-state index in [2.05, 4.69) is 77.1 Å². The Balaban J connectivity index is 1.32. The van der Waals surface area contributed by atoms with Crippen molar-refractivity contribution >= 4 is 11.6 Å². The largest absolute Gasteiger partial charge is 0.396 e. The van der Waals surface area contributed by atoms with Gasteiger partial charge in [-0.05, 0) is 61.8 Å². The number of guanidine groups is 1. The highest BCUT2D eigenvalue weighted by Crippen LogP contribution is 2.47. The topological polar surface area (TPSA) is 59.9 Å². The Bertz CT molecular complexity index is 837. The molecule has 0 bridgehead atoms. The minimum atomic E-state index is 0.266. The minimum Gasteiger partial charge on any atom is -0.396 e. The summed E-state index contributed by atoms with van der Waals surface area (Å²) >= 11 is 0. The molecule has 0 radical (unpaired) electrons. The first kappa shape index (κ1) is 21.7. The molecule has 2 aromatic carbocycles. The summed E-state index contributed by atoms with van der Waals surface area (Å²) in [6.07, 6.45) is 4.62. The Morgan fingerprint density at radius 1 is 1.03 bits per heavy atom. The van der Waals surface area contributed by atoms with E-state index in [4.69, 9.17) is 4.99 Å². The summed E-state index contributed by atoms with van der Waals surface area (Å²) in [7, 11) is 0. The standard InChI is InChI=1S/C26H36N4O/c1-2-27-25(29-20-26(14-15-26)23-6-4-3-5-7-23)28-18-21-8-10-24(11-9-21)30-16-12-22(19-31)13-17-30/h3-11,22,31H,2,12-20H2,1H3,(H2,27,28,29). The predicted octanol–water partition coefficient (Wildman–Crippen LogP) is 3.68. The van der Waals surface area contributed by atoms with Crippen molar-refractivity contribution in [3.05, 3.63) is 65.7 Å². The predicted molar refractivity (Wildman–Crippen MR) is 129 cm³/mol. The number of aliphatic hydroxyl groups is 1. The second kappa shape index (κ2) is 10.2.